The summed E-state index contributed by atoms with van der Waals surface area (Å²) in [6, 6.07) is 17.5. The quantitative estimate of drug-likeness (QED) is 0.467. The van der Waals surface area contributed by atoms with Crippen molar-refractivity contribution in [1.29, 1.82) is 0 Å². The van der Waals surface area contributed by atoms with Gasteiger partial charge in [-0.05, 0) is 67.3 Å². The second-order valence-corrected chi connectivity index (χ2v) is 8.44. The predicted octanol–water partition coefficient (Wildman–Crippen LogP) is 5.29. The van der Waals surface area contributed by atoms with Gasteiger partial charge in [0.1, 0.15) is 17.2 Å². The van der Waals surface area contributed by atoms with E-state index >= 15 is 0 Å². The molecule has 2 aromatic rings. The molecule has 3 aliphatic heterocycles. The Morgan fingerprint density at radius 3 is 2.50 bits per heavy atom. The highest BCUT2D eigenvalue weighted by atomic mass is 16.7. The summed E-state index contributed by atoms with van der Waals surface area (Å²) in [5.41, 5.74) is 5.36. The lowest BCUT2D eigenvalue weighted by Gasteiger charge is -2.17. The molecule has 0 aromatic heterocycles. The molecule has 5 rings (SSSR count). The second-order valence-electron chi connectivity index (χ2n) is 8.44. The average molecular weight is 453 g/mol. The molecule has 0 N–H and O–H groups in total. The Labute approximate surface area is 198 Å². The number of allylic oxidation sites excluding steroid dienone is 6. The zero-order chi connectivity index (χ0) is 23.7. The van der Waals surface area contributed by atoms with Gasteiger partial charge in [0.2, 0.25) is 5.91 Å². The zero-order valence-corrected chi connectivity index (χ0v) is 19.1. The van der Waals surface area contributed by atoms with E-state index in [0.717, 1.165) is 35.4 Å². The summed E-state index contributed by atoms with van der Waals surface area (Å²) in [6.07, 6.45) is 7.09. The Morgan fingerprint density at radius 2 is 1.79 bits per heavy atom. The van der Waals surface area contributed by atoms with Crippen LogP contribution in [0.4, 0.5) is 5.69 Å². The SMILES string of the molecule is CC1=CC(=C2C(=O)ON=C2c2ccccc2)C=C(C=C(C)c2ccc(N3CCCC3=O)cc2)O1. The molecule has 3 heterocycles. The molecular formula is C28H24N2O4. The molecule has 34 heavy (non-hydrogen) atoms. The molecule has 6 heteroatoms. The molecule has 1 amide bonds. The van der Waals surface area contributed by atoms with Crippen LogP contribution in [0.15, 0.2) is 101 Å². The number of oxime groups is 1. The Bertz CT molecular complexity index is 1310. The van der Waals surface area contributed by atoms with E-state index in [1.807, 2.05) is 91.6 Å². The number of benzene rings is 2. The lowest BCUT2D eigenvalue weighted by atomic mass is 9.96. The molecule has 0 atom stereocenters. The number of carbonyl (C=O) groups excluding carboxylic acids is 2. The normalized spacial score (nSPS) is 20.6. The van der Waals surface area contributed by atoms with Crippen LogP contribution in [0.2, 0.25) is 0 Å². The van der Waals surface area contributed by atoms with Crippen LogP contribution in [0.25, 0.3) is 5.57 Å². The highest BCUT2D eigenvalue weighted by molar-refractivity contribution is 6.29. The maximum absolute atomic E-state index is 12.5. The van der Waals surface area contributed by atoms with E-state index < -0.39 is 5.97 Å². The molecule has 0 unspecified atom stereocenters. The molecule has 1 fully saturated rings. The number of hydrogen-bond donors (Lipinski definition) is 0. The van der Waals surface area contributed by atoms with Gasteiger partial charge in [-0.2, -0.15) is 0 Å². The first-order chi connectivity index (χ1) is 16.5. The maximum Gasteiger partial charge on any atom is 0.368 e. The molecule has 0 radical (unpaired) electrons. The molecule has 3 aliphatic rings. The number of anilines is 1. The molecule has 1 saturated heterocycles. The first-order valence-corrected chi connectivity index (χ1v) is 11.3. The van der Waals surface area contributed by atoms with E-state index in [1.165, 1.54) is 0 Å². The van der Waals surface area contributed by atoms with Gasteiger partial charge in [0, 0.05) is 24.2 Å². The third-order valence-electron chi connectivity index (χ3n) is 6.00. The van der Waals surface area contributed by atoms with Crippen LogP contribution >= 0.6 is 0 Å². The van der Waals surface area contributed by atoms with Crippen LogP contribution in [-0.2, 0) is 19.2 Å². The maximum atomic E-state index is 12.5. The fourth-order valence-corrected chi connectivity index (χ4v) is 4.32. The first kappa shape index (κ1) is 21.6. The minimum atomic E-state index is -0.483. The minimum Gasteiger partial charge on any atom is -0.462 e. The van der Waals surface area contributed by atoms with Gasteiger partial charge in [-0.25, -0.2) is 4.79 Å². The average Bonchev–Trinajstić information content (AvgIpc) is 3.44. The van der Waals surface area contributed by atoms with Crippen LogP contribution in [0.3, 0.4) is 0 Å². The molecule has 6 nitrogen and oxygen atoms in total. The number of rotatable bonds is 4. The lowest BCUT2D eigenvalue weighted by molar-refractivity contribution is -0.136. The third-order valence-corrected chi connectivity index (χ3v) is 6.00. The molecule has 0 saturated carbocycles. The minimum absolute atomic E-state index is 0.174. The van der Waals surface area contributed by atoms with Crippen molar-refractivity contribution in [2.24, 2.45) is 5.16 Å². The van der Waals surface area contributed by atoms with Gasteiger partial charge in [-0.3, -0.25) is 4.79 Å². The standard InChI is InChI=1S/C28H24N2O4/c1-18(20-10-12-23(13-11-20)30-14-6-9-25(30)31)15-24-17-22(16-19(2)33-24)26-27(29-34-28(26)32)21-7-4-3-5-8-21/h3-5,7-8,10-13,15-17H,6,9,14H2,1-2H3. The number of hydrogen-bond acceptors (Lipinski definition) is 5. The molecule has 0 aliphatic carbocycles. The largest absolute Gasteiger partial charge is 0.462 e. The smallest absolute Gasteiger partial charge is 0.368 e. The monoisotopic (exact) mass is 452 g/mol. The molecule has 0 spiro atoms. The van der Waals surface area contributed by atoms with Crippen molar-refractivity contribution in [3.8, 4) is 0 Å². The highest BCUT2D eigenvalue weighted by Crippen LogP contribution is 2.30. The Kier molecular flexibility index (Phi) is 5.72. The Balaban J connectivity index is 1.45. The third kappa shape index (κ3) is 4.22. The first-order valence-electron chi connectivity index (χ1n) is 11.3. The van der Waals surface area contributed by atoms with Gasteiger partial charge in [0.05, 0.1) is 5.57 Å². The van der Waals surface area contributed by atoms with Crippen molar-refractivity contribution in [1.82, 2.24) is 0 Å². The predicted molar refractivity (Wildman–Crippen MR) is 131 cm³/mol. The van der Waals surface area contributed by atoms with Crippen molar-refractivity contribution in [3.63, 3.8) is 0 Å². The van der Waals surface area contributed by atoms with E-state index in [1.54, 1.807) is 0 Å². The van der Waals surface area contributed by atoms with Crippen LogP contribution in [-0.4, -0.2) is 24.1 Å². The highest BCUT2D eigenvalue weighted by Gasteiger charge is 2.30. The fourth-order valence-electron chi connectivity index (χ4n) is 4.32. The van der Waals surface area contributed by atoms with E-state index in [4.69, 9.17) is 9.57 Å². The van der Waals surface area contributed by atoms with E-state index in [2.05, 4.69) is 5.16 Å². The number of nitrogens with zero attached hydrogens (tertiary/aromatic N) is 2. The topological polar surface area (TPSA) is 68.2 Å². The van der Waals surface area contributed by atoms with Gasteiger partial charge in [0.25, 0.3) is 0 Å². The van der Waals surface area contributed by atoms with Crippen molar-refractivity contribution in [2.75, 3.05) is 11.4 Å². The summed E-state index contributed by atoms with van der Waals surface area (Å²) in [5, 5.41) is 4.01. The summed E-state index contributed by atoms with van der Waals surface area (Å²) in [4.78, 5) is 31.4. The zero-order valence-electron chi connectivity index (χ0n) is 19.1. The summed E-state index contributed by atoms with van der Waals surface area (Å²) in [6.45, 7) is 4.62. The van der Waals surface area contributed by atoms with Crippen LogP contribution in [0.5, 0.6) is 0 Å². The van der Waals surface area contributed by atoms with Gasteiger partial charge in [-0.15, -0.1) is 0 Å². The second kappa shape index (κ2) is 8.98. The van der Waals surface area contributed by atoms with Gasteiger partial charge in [0.15, 0.2) is 0 Å². The van der Waals surface area contributed by atoms with Gasteiger partial charge >= 0.3 is 5.97 Å². The summed E-state index contributed by atoms with van der Waals surface area (Å²) in [5.74, 6) is 0.973. The Morgan fingerprint density at radius 1 is 1.03 bits per heavy atom. The van der Waals surface area contributed by atoms with Crippen LogP contribution in [0.1, 0.15) is 37.8 Å². The molecular weight excluding hydrogens is 428 g/mol. The number of carbonyl (C=O) groups is 2. The van der Waals surface area contributed by atoms with Crippen molar-refractivity contribution in [3.05, 3.63) is 107 Å². The molecule has 170 valence electrons. The van der Waals surface area contributed by atoms with Gasteiger partial charge in [-0.1, -0.05) is 47.6 Å². The van der Waals surface area contributed by atoms with Gasteiger partial charge < -0.3 is 14.5 Å². The van der Waals surface area contributed by atoms with Crippen molar-refractivity contribution in [2.45, 2.75) is 26.7 Å². The summed E-state index contributed by atoms with van der Waals surface area (Å²) < 4.78 is 5.93. The van der Waals surface area contributed by atoms with Crippen molar-refractivity contribution < 1.29 is 19.2 Å². The summed E-state index contributed by atoms with van der Waals surface area (Å²) in [7, 11) is 0. The van der Waals surface area contributed by atoms with E-state index in [0.29, 0.717) is 34.8 Å². The fraction of sp³-hybridized carbons (Fsp3) is 0.179. The van der Waals surface area contributed by atoms with E-state index in [9.17, 15) is 9.59 Å². The van der Waals surface area contributed by atoms with Crippen LogP contribution < -0.4 is 4.90 Å². The lowest BCUT2D eigenvalue weighted by Crippen LogP contribution is -2.23. The number of amides is 1. The molecule has 0 bridgehead atoms. The van der Waals surface area contributed by atoms with Crippen LogP contribution in [0, 0.1) is 0 Å². The summed E-state index contributed by atoms with van der Waals surface area (Å²) >= 11 is 0. The molecule has 2 aromatic carbocycles. The number of ether oxygens (including phenoxy) is 1. The Hall–Kier alpha value is -4.19. The van der Waals surface area contributed by atoms with Crippen molar-refractivity contribution >= 4 is 28.8 Å². The van der Waals surface area contributed by atoms with E-state index in [-0.39, 0.29) is 5.91 Å².